The Kier molecular flexibility index (Phi) is 4.63. The van der Waals surface area contributed by atoms with Crippen molar-refractivity contribution in [2.75, 3.05) is 20.3 Å². The highest BCUT2D eigenvalue weighted by molar-refractivity contribution is 5.78. The van der Waals surface area contributed by atoms with E-state index in [0.717, 1.165) is 12.8 Å². The van der Waals surface area contributed by atoms with Crippen LogP contribution in [-0.4, -0.2) is 32.2 Å². The Bertz CT molecular complexity index is 432. The summed E-state index contributed by atoms with van der Waals surface area (Å²) in [5.74, 6) is 1.58. The fraction of sp³-hybridized carbons (Fsp3) is 0.500. The van der Waals surface area contributed by atoms with E-state index in [9.17, 15) is 4.79 Å². The maximum atomic E-state index is 11.8. The Balaban J connectivity index is 1.82. The Hall–Kier alpha value is -1.75. The van der Waals surface area contributed by atoms with Gasteiger partial charge in [-0.2, -0.15) is 0 Å². The molecule has 2 rings (SSSR count). The molecule has 1 saturated carbocycles. The Morgan fingerprint density at radius 3 is 2.68 bits per heavy atom. The molecule has 1 aromatic carbocycles. The fourth-order valence-corrected chi connectivity index (χ4v) is 2.00. The van der Waals surface area contributed by atoms with Gasteiger partial charge >= 0.3 is 0 Å². The largest absolute Gasteiger partial charge is 0.493 e. The summed E-state index contributed by atoms with van der Waals surface area (Å²) in [6.07, 6.45) is 2.30. The summed E-state index contributed by atoms with van der Waals surface area (Å²) in [6.45, 7) is 0.453. The number of hydrogen-bond donors (Lipinski definition) is 2. The predicted octanol–water partition coefficient (Wildman–Crippen LogP) is 0.927. The van der Waals surface area contributed by atoms with Crippen molar-refractivity contribution >= 4 is 5.91 Å². The summed E-state index contributed by atoms with van der Waals surface area (Å²) in [5.41, 5.74) is 5.64. The normalized spacial score (nSPS) is 15.7. The second-order valence-corrected chi connectivity index (χ2v) is 4.69. The SMILES string of the molecule is COc1ccccc1OCC(=O)NC(CN)C1CC1. The molecule has 1 aliphatic carbocycles. The summed E-state index contributed by atoms with van der Waals surface area (Å²) in [5, 5.41) is 2.91. The zero-order chi connectivity index (χ0) is 13.7. The third-order valence-corrected chi connectivity index (χ3v) is 3.22. The van der Waals surface area contributed by atoms with Crippen LogP contribution >= 0.6 is 0 Å². The zero-order valence-electron chi connectivity index (χ0n) is 11.1. The van der Waals surface area contributed by atoms with Crippen molar-refractivity contribution in [3.05, 3.63) is 24.3 Å². The molecule has 0 bridgehead atoms. The van der Waals surface area contributed by atoms with Gasteiger partial charge in [0.1, 0.15) is 0 Å². The number of nitrogens with two attached hydrogens (primary N) is 1. The lowest BCUT2D eigenvalue weighted by atomic mass is 10.2. The minimum absolute atomic E-state index is 0.0242. The third kappa shape index (κ3) is 3.86. The van der Waals surface area contributed by atoms with Gasteiger partial charge in [-0.3, -0.25) is 4.79 Å². The number of benzene rings is 1. The molecular weight excluding hydrogens is 244 g/mol. The molecule has 104 valence electrons. The van der Waals surface area contributed by atoms with Crippen molar-refractivity contribution in [2.24, 2.45) is 11.7 Å². The van der Waals surface area contributed by atoms with Crippen molar-refractivity contribution in [3.8, 4) is 11.5 Å². The van der Waals surface area contributed by atoms with Gasteiger partial charge in [-0.1, -0.05) is 12.1 Å². The van der Waals surface area contributed by atoms with Gasteiger partial charge in [-0.15, -0.1) is 0 Å². The second-order valence-electron chi connectivity index (χ2n) is 4.69. The van der Waals surface area contributed by atoms with Crippen molar-refractivity contribution < 1.29 is 14.3 Å². The van der Waals surface area contributed by atoms with Gasteiger partial charge < -0.3 is 20.5 Å². The monoisotopic (exact) mass is 264 g/mol. The Labute approximate surface area is 113 Å². The molecule has 0 saturated heterocycles. The van der Waals surface area contributed by atoms with Crippen LogP contribution in [-0.2, 0) is 4.79 Å². The van der Waals surface area contributed by atoms with E-state index in [1.165, 1.54) is 0 Å². The number of hydrogen-bond acceptors (Lipinski definition) is 4. The molecule has 0 aliphatic heterocycles. The summed E-state index contributed by atoms with van der Waals surface area (Å²) >= 11 is 0. The number of para-hydroxylation sites is 2. The first-order chi connectivity index (χ1) is 9.24. The first-order valence-corrected chi connectivity index (χ1v) is 6.50. The molecule has 3 N–H and O–H groups in total. The van der Waals surface area contributed by atoms with Crippen LogP contribution in [0.1, 0.15) is 12.8 Å². The average molecular weight is 264 g/mol. The van der Waals surface area contributed by atoms with Crippen molar-refractivity contribution in [3.63, 3.8) is 0 Å². The highest BCUT2D eigenvalue weighted by atomic mass is 16.5. The van der Waals surface area contributed by atoms with Crippen molar-refractivity contribution in [2.45, 2.75) is 18.9 Å². The van der Waals surface area contributed by atoms with Crippen LogP contribution in [0.3, 0.4) is 0 Å². The van der Waals surface area contributed by atoms with E-state index in [2.05, 4.69) is 5.32 Å². The highest BCUT2D eigenvalue weighted by Gasteiger charge is 2.31. The molecule has 5 heteroatoms. The van der Waals surface area contributed by atoms with E-state index in [0.29, 0.717) is 24.0 Å². The lowest BCUT2D eigenvalue weighted by Crippen LogP contribution is -2.43. The molecule has 0 spiro atoms. The smallest absolute Gasteiger partial charge is 0.258 e. The lowest BCUT2D eigenvalue weighted by molar-refractivity contribution is -0.123. The van der Waals surface area contributed by atoms with Crippen LogP contribution in [0.2, 0.25) is 0 Å². The third-order valence-electron chi connectivity index (χ3n) is 3.22. The number of rotatable bonds is 7. The first-order valence-electron chi connectivity index (χ1n) is 6.50. The highest BCUT2D eigenvalue weighted by Crippen LogP contribution is 2.32. The topological polar surface area (TPSA) is 73.6 Å². The van der Waals surface area contributed by atoms with Gasteiger partial charge in [0.15, 0.2) is 18.1 Å². The summed E-state index contributed by atoms with van der Waals surface area (Å²) in [7, 11) is 1.57. The van der Waals surface area contributed by atoms with E-state index >= 15 is 0 Å². The minimum Gasteiger partial charge on any atom is -0.493 e. The predicted molar refractivity (Wildman–Crippen MR) is 72.2 cm³/mol. The van der Waals surface area contributed by atoms with Gasteiger partial charge in [-0.05, 0) is 30.9 Å². The van der Waals surface area contributed by atoms with E-state index in [-0.39, 0.29) is 18.6 Å². The number of ether oxygens (including phenoxy) is 2. The van der Waals surface area contributed by atoms with Gasteiger partial charge in [-0.25, -0.2) is 0 Å². The minimum atomic E-state index is -0.145. The molecule has 1 fully saturated rings. The molecule has 0 heterocycles. The van der Waals surface area contributed by atoms with Gasteiger partial charge in [0.25, 0.3) is 5.91 Å². The molecule has 1 aromatic rings. The second kappa shape index (κ2) is 6.43. The molecular formula is C14H20N2O3. The molecule has 1 aliphatic rings. The molecule has 1 atom stereocenters. The van der Waals surface area contributed by atoms with E-state index in [1.807, 2.05) is 12.1 Å². The van der Waals surface area contributed by atoms with E-state index in [4.69, 9.17) is 15.2 Å². The van der Waals surface area contributed by atoms with Crippen LogP contribution in [0.25, 0.3) is 0 Å². The number of carbonyl (C=O) groups is 1. The van der Waals surface area contributed by atoms with Crippen molar-refractivity contribution in [1.29, 1.82) is 0 Å². The van der Waals surface area contributed by atoms with Gasteiger partial charge in [0.2, 0.25) is 0 Å². The number of amides is 1. The fourth-order valence-electron chi connectivity index (χ4n) is 2.00. The number of nitrogens with one attached hydrogen (secondary N) is 1. The van der Waals surface area contributed by atoms with Crippen LogP contribution in [0.15, 0.2) is 24.3 Å². The molecule has 0 radical (unpaired) electrons. The summed E-state index contributed by atoms with van der Waals surface area (Å²) in [4.78, 5) is 11.8. The maximum Gasteiger partial charge on any atom is 0.258 e. The molecule has 1 amide bonds. The lowest BCUT2D eigenvalue weighted by Gasteiger charge is -2.16. The van der Waals surface area contributed by atoms with Gasteiger partial charge in [0.05, 0.1) is 7.11 Å². The number of carbonyl (C=O) groups excluding carboxylic acids is 1. The average Bonchev–Trinajstić information content (AvgIpc) is 3.27. The number of methoxy groups -OCH3 is 1. The van der Waals surface area contributed by atoms with Crippen LogP contribution in [0, 0.1) is 5.92 Å². The van der Waals surface area contributed by atoms with Crippen LogP contribution < -0.4 is 20.5 Å². The quantitative estimate of drug-likeness (QED) is 0.768. The molecule has 1 unspecified atom stereocenters. The summed E-state index contributed by atoms with van der Waals surface area (Å²) in [6, 6.07) is 7.33. The van der Waals surface area contributed by atoms with Crippen LogP contribution in [0.4, 0.5) is 0 Å². The molecule has 0 aromatic heterocycles. The standard InChI is InChI=1S/C14H20N2O3/c1-18-12-4-2-3-5-13(12)19-9-14(17)16-11(8-15)10-6-7-10/h2-5,10-11H,6-9,15H2,1H3,(H,16,17). The first kappa shape index (κ1) is 13.7. The summed E-state index contributed by atoms with van der Waals surface area (Å²) < 4.78 is 10.6. The zero-order valence-corrected chi connectivity index (χ0v) is 11.1. The Morgan fingerprint density at radius 1 is 1.42 bits per heavy atom. The van der Waals surface area contributed by atoms with Crippen LogP contribution in [0.5, 0.6) is 11.5 Å². The molecule has 5 nitrogen and oxygen atoms in total. The Morgan fingerprint density at radius 2 is 2.11 bits per heavy atom. The van der Waals surface area contributed by atoms with Crippen molar-refractivity contribution in [1.82, 2.24) is 5.32 Å². The maximum absolute atomic E-state index is 11.8. The van der Waals surface area contributed by atoms with E-state index in [1.54, 1.807) is 19.2 Å². The van der Waals surface area contributed by atoms with E-state index < -0.39 is 0 Å². The molecule has 19 heavy (non-hydrogen) atoms. The van der Waals surface area contributed by atoms with Gasteiger partial charge in [0, 0.05) is 12.6 Å².